The van der Waals surface area contributed by atoms with Gasteiger partial charge in [0.2, 0.25) is 0 Å². The second-order valence-electron chi connectivity index (χ2n) is 8.38. The van der Waals surface area contributed by atoms with Gasteiger partial charge < -0.3 is 20.5 Å². The minimum absolute atomic E-state index is 0.0211. The summed E-state index contributed by atoms with van der Waals surface area (Å²) in [5.41, 5.74) is 8.15. The van der Waals surface area contributed by atoms with E-state index in [2.05, 4.69) is 11.4 Å². The maximum absolute atomic E-state index is 13.1. The summed E-state index contributed by atoms with van der Waals surface area (Å²) in [6.07, 6.45) is 0.186. The molecule has 0 unspecified atom stereocenters. The van der Waals surface area contributed by atoms with Crippen molar-refractivity contribution in [1.29, 1.82) is 5.26 Å². The number of ether oxygens (including phenoxy) is 2. The Bertz CT molecular complexity index is 984. The lowest BCUT2D eigenvalue weighted by Crippen LogP contribution is -2.39. The number of nitrogens with one attached hydrogen (secondary N) is 1. The largest absolute Gasteiger partial charge is 0.479 e. The predicted octanol–water partition coefficient (Wildman–Crippen LogP) is 3.04. The molecule has 7 nitrogen and oxygen atoms in total. The van der Waals surface area contributed by atoms with E-state index in [4.69, 9.17) is 15.2 Å². The SMILES string of the molecule is CCOC(=O)[C@H](C)Oc1ccccc1[C@@H]1C(C#N)=C(N)NC2=C1C(=O)CC(C)(C)C2. The molecule has 30 heavy (non-hydrogen) atoms. The maximum Gasteiger partial charge on any atom is 0.347 e. The van der Waals surface area contributed by atoms with Crippen molar-refractivity contribution in [3.63, 3.8) is 0 Å². The van der Waals surface area contributed by atoms with Crippen LogP contribution in [-0.4, -0.2) is 24.5 Å². The first-order chi connectivity index (χ1) is 14.2. The minimum Gasteiger partial charge on any atom is -0.479 e. The van der Waals surface area contributed by atoms with Gasteiger partial charge in [-0.3, -0.25) is 4.79 Å². The number of para-hydroxylation sites is 1. The average Bonchev–Trinajstić information content (AvgIpc) is 2.66. The highest BCUT2D eigenvalue weighted by atomic mass is 16.6. The van der Waals surface area contributed by atoms with Crippen molar-refractivity contribution in [3.05, 3.63) is 52.5 Å². The molecule has 2 atom stereocenters. The number of nitrogens with two attached hydrogens (primary N) is 1. The first kappa shape index (κ1) is 21.4. The van der Waals surface area contributed by atoms with Gasteiger partial charge in [0.25, 0.3) is 0 Å². The van der Waals surface area contributed by atoms with Crippen LogP contribution < -0.4 is 15.8 Å². The molecule has 0 aromatic heterocycles. The molecule has 1 aromatic carbocycles. The Morgan fingerprint density at radius 3 is 2.73 bits per heavy atom. The van der Waals surface area contributed by atoms with E-state index < -0.39 is 18.0 Å². The molecular formula is C23H27N3O4. The molecule has 0 radical (unpaired) electrons. The normalized spacial score (nSPS) is 21.3. The summed E-state index contributed by atoms with van der Waals surface area (Å²) in [7, 11) is 0. The molecule has 2 aliphatic rings. The van der Waals surface area contributed by atoms with Crippen molar-refractivity contribution in [1.82, 2.24) is 5.32 Å². The van der Waals surface area contributed by atoms with E-state index in [1.165, 1.54) is 0 Å². The highest BCUT2D eigenvalue weighted by Crippen LogP contribution is 2.47. The number of ketones is 1. The van der Waals surface area contributed by atoms with E-state index in [0.717, 1.165) is 5.70 Å². The van der Waals surface area contributed by atoms with Crippen LogP contribution in [-0.2, 0) is 14.3 Å². The zero-order valence-corrected chi connectivity index (χ0v) is 17.7. The molecule has 1 aliphatic carbocycles. The van der Waals surface area contributed by atoms with Crippen LogP contribution in [0.1, 0.15) is 52.0 Å². The van der Waals surface area contributed by atoms with Gasteiger partial charge in [0.1, 0.15) is 11.6 Å². The standard InChI is InChI=1S/C23H27N3O4/c1-5-29-22(28)13(2)30-18-9-7-6-8-14(18)19-15(12-24)21(25)26-16-10-23(3,4)11-17(27)20(16)19/h6-9,13,19,26H,5,10-11,25H2,1-4H3/t13-,19+/m0/s1. The number of allylic oxidation sites excluding steroid dienone is 3. The maximum atomic E-state index is 13.1. The molecule has 0 amide bonds. The monoisotopic (exact) mass is 409 g/mol. The summed E-state index contributed by atoms with van der Waals surface area (Å²) in [4.78, 5) is 25.2. The predicted molar refractivity (Wildman–Crippen MR) is 111 cm³/mol. The van der Waals surface area contributed by atoms with Crippen molar-refractivity contribution in [2.24, 2.45) is 11.1 Å². The van der Waals surface area contributed by atoms with Crippen LogP contribution in [0.25, 0.3) is 0 Å². The molecule has 1 aliphatic heterocycles. The van der Waals surface area contributed by atoms with Crippen LogP contribution in [0.5, 0.6) is 5.75 Å². The summed E-state index contributed by atoms with van der Waals surface area (Å²) in [6, 6.07) is 9.26. The highest BCUT2D eigenvalue weighted by Gasteiger charge is 2.42. The second-order valence-corrected chi connectivity index (χ2v) is 8.38. The Balaban J connectivity index is 2.09. The van der Waals surface area contributed by atoms with Crippen LogP contribution in [0.4, 0.5) is 0 Å². The number of rotatable bonds is 5. The molecule has 1 heterocycles. The molecule has 0 fully saturated rings. The van der Waals surface area contributed by atoms with Gasteiger partial charge in [-0.15, -0.1) is 0 Å². The molecule has 1 aromatic rings. The van der Waals surface area contributed by atoms with Gasteiger partial charge in [0.05, 0.1) is 24.2 Å². The number of hydrogen-bond donors (Lipinski definition) is 2. The first-order valence-electron chi connectivity index (χ1n) is 10.0. The Morgan fingerprint density at radius 2 is 2.07 bits per heavy atom. The molecule has 0 saturated heterocycles. The second kappa shape index (κ2) is 8.23. The number of benzene rings is 1. The smallest absolute Gasteiger partial charge is 0.347 e. The van der Waals surface area contributed by atoms with Gasteiger partial charge in [-0.25, -0.2) is 4.79 Å². The lowest BCUT2D eigenvalue weighted by Gasteiger charge is -2.38. The van der Waals surface area contributed by atoms with E-state index >= 15 is 0 Å². The van der Waals surface area contributed by atoms with Gasteiger partial charge in [0.15, 0.2) is 11.9 Å². The summed E-state index contributed by atoms with van der Waals surface area (Å²) < 4.78 is 10.9. The third-order valence-corrected chi connectivity index (χ3v) is 5.35. The molecule has 0 saturated carbocycles. The van der Waals surface area contributed by atoms with E-state index in [0.29, 0.717) is 29.7 Å². The summed E-state index contributed by atoms with van der Waals surface area (Å²) in [5, 5.41) is 12.9. The summed E-state index contributed by atoms with van der Waals surface area (Å²) in [6.45, 7) is 7.64. The van der Waals surface area contributed by atoms with Crippen molar-refractivity contribution >= 4 is 11.8 Å². The third kappa shape index (κ3) is 4.04. The zero-order chi connectivity index (χ0) is 22.1. The number of hydrogen-bond acceptors (Lipinski definition) is 7. The van der Waals surface area contributed by atoms with Crippen molar-refractivity contribution in [2.45, 2.75) is 52.6 Å². The number of Topliss-reactive ketones (excluding diaryl/α,β-unsaturated/α-hetero) is 1. The van der Waals surface area contributed by atoms with E-state index in [1.807, 2.05) is 19.9 Å². The summed E-state index contributed by atoms with van der Waals surface area (Å²) in [5.74, 6) is -0.508. The number of carbonyl (C=O) groups excluding carboxylic acids is 2. The van der Waals surface area contributed by atoms with Crippen molar-refractivity contribution in [3.8, 4) is 11.8 Å². The fourth-order valence-corrected chi connectivity index (χ4v) is 4.07. The lowest BCUT2D eigenvalue weighted by atomic mass is 9.69. The fraction of sp³-hybridized carbons (Fsp3) is 0.435. The van der Waals surface area contributed by atoms with Crippen LogP contribution in [0.15, 0.2) is 46.9 Å². The quantitative estimate of drug-likeness (QED) is 0.718. The molecule has 3 rings (SSSR count). The Labute approximate surface area is 176 Å². The Kier molecular flexibility index (Phi) is 5.88. The number of carbonyl (C=O) groups is 2. The molecule has 7 heteroatoms. The number of nitriles is 1. The van der Waals surface area contributed by atoms with Crippen LogP contribution >= 0.6 is 0 Å². The van der Waals surface area contributed by atoms with Crippen molar-refractivity contribution < 1.29 is 19.1 Å². The molecule has 3 N–H and O–H groups in total. The number of esters is 1. The van der Waals surface area contributed by atoms with E-state index in [1.54, 1.807) is 32.0 Å². The fourth-order valence-electron chi connectivity index (χ4n) is 4.07. The molecular weight excluding hydrogens is 382 g/mol. The van der Waals surface area contributed by atoms with Crippen LogP contribution in [0, 0.1) is 16.7 Å². The van der Waals surface area contributed by atoms with Gasteiger partial charge in [0, 0.05) is 23.3 Å². The molecule has 0 spiro atoms. The third-order valence-electron chi connectivity index (χ3n) is 5.35. The molecule has 158 valence electrons. The topological polar surface area (TPSA) is 114 Å². The highest BCUT2D eigenvalue weighted by molar-refractivity contribution is 6.00. The number of nitrogens with zero attached hydrogens (tertiary/aromatic N) is 1. The van der Waals surface area contributed by atoms with Crippen molar-refractivity contribution in [2.75, 3.05) is 6.61 Å². The minimum atomic E-state index is -0.839. The Hall–Kier alpha value is -3.27. The summed E-state index contributed by atoms with van der Waals surface area (Å²) >= 11 is 0. The van der Waals surface area contributed by atoms with Crippen LogP contribution in [0.2, 0.25) is 0 Å². The van der Waals surface area contributed by atoms with Gasteiger partial charge in [-0.1, -0.05) is 32.0 Å². The van der Waals surface area contributed by atoms with Gasteiger partial charge in [-0.2, -0.15) is 5.26 Å². The Morgan fingerprint density at radius 1 is 1.37 bits per heavy atom. The zero-order valence-electron chi connectivity index (χ0n) is 17.7. The molecule has 0 bridgehead atoms. The average molecular weight is 409 g/mol. The van der Waals surface area contributed by atoms with Gasteiger partial charge in [-0.05, 0) is 31.7 Å². The lowest BCUT2D eigenvalue weighted by molar-refractivity contribution is -0.150. The van der Waals surface area contributed by atoms with Crippen LogP contribution in [0.3, 0.4) is 0 Å². The first-order valence-corrected chi connectivity index (χ1v) is 10.0. The van der Waals surface area contributed by atoms with Gasteiger partial charge >= 0.3 is 5.97 Å². The van der Waals surface area contributed by atoms with E-state index in [-0.39, 0.29) is 29.2 Å². The number of dihydropyridines is 1. The van der Waals surface area contributed by atoms with E-state index in [9.17, 15) is 14.9 Å².